The Morgan fingerprint density at radius 2 is 1.21 bits per heavy atom. The van der Waals surface area contributed by atoms with Crippen molar-refractivity contribution in [2.45, 2.75) is 11.8 Å². The molecule has 0 fully saturated rings. The minimum Gasteiger partial charge on any atom is -0.472 e. The largest absolute Gasteiger partial charge is 0.472 e. The Balaban J connectivity index is 1.51. The van der Waals surface area contributed by atoms with Crippen LogP contribution in [0.2, 0.25) is 0 Å². The number of rotatable bonds is 3. The number of fused-ring (bicyclic) bond motifs is 8. The van der Waals surface area contributed by atoms with E-state index in [4.69, 9.17) is 4.74 Å². The van der Waals surface area contributed by atoms with E-state index in [9.17, 15) is 13.2 Å². The van der Waals surface area contributed by atoms with Gasteiger partial charge >= 0.3 is 6.18 Å². The summed E-state index contributed by atoms with van der Waals surface area (Å²) in [5, 5.41) is 3.86. The molecule has 7 aromatic rings. The third kappa shape index (κ3) is 3.81. The normalized spacial score (nSPS) is 14.2. The standard InChI is InChI=1S/C38H24F3NO/c39-38(40,41)27-16-11-17-28(24-27)42-33-21-10-9-20-31(33)34-29-18-7-8-19-30(29)36-32(35(34)42)22-23-37(43-36,25-12-3-1-4-13-25)26-14-5-2-6-15-26/h1-24H. The number of hydrogen-bond acceptors (Lipinski definition) is 1. The molecule has 0 atom stereocenters. The van der Waals surface area contributed by atoms with Crippen molar-refractivity contribution < 1.29 is 17.9 Å². The lowest BCUT2D eigenvalue weighted by atomic mass is 9.83. The molecule has 1 aliphatic heterocycles. The van der Waals surface area contributed by atoms with E-state index in [2.05, 4.69) is 48.6 Å². The first kappa shape index (κ1) is 25.4. The van der Waals surface area contributed by atoms with Crippen molar-refractivity contribution in [3.63, 3.8) is 0 Å². The SMILES string of the molecule is FC(F)(F)c1cccc(-n2c3ccccc3c3c4ccccc4c4c(c32)C=CC(c2ccccc2)(c2ccccc2)O4)c1. The van der Waals surface area contributed by atoms with Crippen LogP contribution in [0.3, 0.4) is 0 Å². The Morgan fingerprint density at radius 1 is 0.605 bits per heavy atom. The molecule has 8 rings (SSSR count). The van der Waals surface area contributed by atoms with Gasteiger partial charge in [0.1, 0.15) is 5.75 Å². The number of halogens is 3. The first-order valence-corrected chi connectivity index (χ1v) is 14.1. The lowest BCUT2D eigenvalue weighted by molar-refractivity contribution is -0.137. The molecule has 0 radical (unpaired) electrons. The maximum Gasteiger partial charge on any atom is 0.416 e. The molecule has 0 saturated carbocycles. The van der Waals surface area contributed by atoms with E-state index in [1.807, 2.05) is 77.4 Å². The Labute approximate surface area is 245 Å². The lowest BCUT2D eigenvalue weighted by Crippen LogP contribution is -2.34. The van der Waals surface area contributed by atoms with E-state index in [1.54, 1.807) is 6.07 Å². The Hall–Kier alpha value is -5.29. The average Bonchev–Trinajstić information content (AvgIpc) is 3.41. The maximum atomic E-state index is 13.9. The third-order valence-electron chi connectivity index (χ3n) is 8.40. The summed E-state index contributed by atoms with van der Waals surface area (Å²) in [7, 11) is 0. The number of aromatic nitrogens is 1. The first-order valence-electron chi connectivity index (χ1n) is 14.1. The van der Waals surface area contributed by atoms with Gasteiger partial charge < -0.3 is 9.30 Å². The minimum absolute atomic E-state index is 0.440. The molecule has 43 heavy (non-hydrogen) atoms. The van der Waals surface area contributed by atoms with Crippen molar-refractivity contribution in [1.82, 2.24) is 4.57 Å². The molecule has 0 spiro atoms. The van der Waals surface area contributed by atoms with Crippen molar-refractivity contribution in [3.8, 4) is 11.4 Å². The second-order valence-corrected chi connectivity index (χ2v) is 10.8. The first-order chi connectivity index (χ1) is 21.0. The molecule has 0 unspecified atom stereocenters. The van der Waals surface area contributed by atoms with Crippen LogP contribution in [0.4, 0.5) is 13.2 Å². The molecule has 6 aromatic carbocycles. The number of ether oxygens (including phenoxy) is 1. The van der Waals surface area contributed by atoms with Gasteiger partial charge in [-0.25, -0.2) is 0 Å². The number of benzene rings is 6. The molecule has 0 amide bonds. The summed E-state index contributed by atoms with van der Waals surface area (Å²) in [5.41, 5.74) is 3.26. The fraction of sp³-hybridized carbons (Fsp3) is 0.0526. The van der Waals surface area contributed by atoms with E-state index in [0.29, 0.717) is 11.4 Å². The quantitative estimate of drug-likeness (QED) is 0.207. The smallest absolute Gasteiger partial charge is 0.416 e. The van der Waals surface area contributed by atoms with Gasteiger partial charge in [0.2, 0.25) is 0 Å². The Bertz CT molecular complexity index is 2160. The fourth-order valence-corrected chi connectivity index (χ4v) is 6.52. The lowest BCUT2D eigenvalue weighted by Gasteiger charge is -2.37. The molecule has 0 saturated heterocycles. The third-order valence-corrected chi connectivity index (χ3v) is 8.40. The molecule has 2 nitrogen and oxygen atoms in total. The van der Waals surface area contributed by atoms with Gasteiger partial charge in [-0.3, -0.25) is 0 Å². The number of hydrogen-bond donors (Lipinski definition) is 0. The van der Waals surface area contributed by atoms with E-state index in [1.165, 1.54) is 12.1 Å². The number of nitrogens with zero attached hydrogens (tertiary/aromatic N) is 1. The van der Waals surface area contributed by atoms with Crippen LogP contribution < -0.4 is 4.74 Å². The highest BCUT2D eigenvalue weighted by Gasteiger charge is 2.39. The second kappa shape index (κ2) is 9.36. The van der Waals surface area contributed by atoms with Crippen molar-refractivity contribution in [3.05, 3.63) is 162 Å². The van der Waals surface area contributed by atoms with Crippen LogP contribution in [-0.4, -0.2) is 4.57 Å². The fourth-order valence-electron chi connectivity index (χ4n) is 6.52. The molecule has 2 heterocycles. The maximum absolute atomic E-state index is 13.9. The molecule has 5 heteroatoms. The summed E-state index contributed by atoms with van der Waals surface area (Å²) in [6, 6.07) is 41.7. The van der Waals surface area contributed by atoms with Crippen molar-refractivity contribution in [1.29, 1.82) is 0 Å². The molecule has 208 valence electrons. The highest BCUT2D eigenvalue weighted by molar-refractivity contribution is 6.25. The summed E-state index contributed by atoms with van der Waals surface area (Å²) in [6.45, 7) is 0. The predicted octanol–water partition coefficient (Wildman–Crippen LogP) is 10.3. The van der Waals surface area contributed by atoms with Gasteiger partial charge in [0.25, 0.3) is 0 Å². The van der Waals surface area contributed by atoms with Crippen LogP contribution in [0.15, 0.2) is 140 Å². The zero-order chi connectivity index (χ0) is 29.2. The van der Waals surface area contributed by atoms with Crippen LogP contribution in [-0.2, 0) is 11.8 Å². The van der Waals surface area contributed by atoms with Gasteiger partial charge in [0.05, 0.1) is 16.6 Å². The van der Waals surface area contributed by atoms with Gasteiger partial charge in [-0.1, -0.05) is 109 Å². The summed E-state index contributed by atoms with van der Waals surface area (Å²) in [4.78, 5) is 0. The summed E-state index contributed by atoms with van der Waals surface area (Å²) in [5.74, 6) is 0.689. The predicted molar refractivity (Wildman–Crippen MR) is 167 cm³/mol. The van der Waals surface area contributed by atoms with Gasteiger partial charge in [0.15, 0.2) is 5.60 Å². The Morgan fingerprint density at radius 3 is 1.88 bits per heavy atom. The van der Waals surface area contributed by atoms with E-state index < -0.39 is 17.3 Å². The van der Waals surface area contributed by atoms with E-state index >= 15 is 0 Å². The summed E-state index contributed by atoms with van der Waals surface area (Å²) >= 11 is 0. The van der Waals surface area contributed by atoms with Crippen molar-refractivity contribution in [2.24, 2.45) is 0 Å². The van der Waals surface area contributed by atoms with Gasteiger partial charge in [-0.2, -0.15) is 13.2 Å². The van der Waals surface area contributed by atoms with Crippen molar-refractivity contribution >= 4 is 38.7 Å². The monoisotopic (exact) mass is 567 g/mol. The molecule has 0 aliphatic carbocycles. The second-order valence-electron chi connectivity index (χ2n) is 10.8. The van der Waals surface area contributed by atoms with Crippen LogP contribution in [0.1, 0.15) is 22.3 Å². The molecular weight excluding hydrogens is 543 g/mol. The Kier molecular flexibility index (Phi) is 5.54. The van der Waals surface area contributed by atoms with E-state index in [0.717, 1.165) is 55.3 Å². The van der Waals surface area contributed by atoms with Crippen LogP contribution in [0.5, 0.6) is 5.75 Å². The summed E-state index contributed by atoms with van der Waals surface area (Å²) < 4.78 is 50.8. The molecule has 1 aromatic heterocycles. The average molecular weight is 568 g/mol. The van der Waals surface area contributed by atoms with Crippen LogP contribution in [0.25, 0.3) is 44.3 Å². The highest BCUT2D eigenvalue weighted by Crippen LogP contribution is 2.50. The summed E-state index contributed by atoms with van der Waals surface area (Å²) in [6.07, 6.45) is -0.312. The van der Waals surface area contributed by atoms with Gasteiger partial charge in [-0.05, 0) is 41.8 Å². The zero-order valence-corrected chi connectivity index (χ0v) is 22.8. The van der Waals surface area contributed by atoms with Gasteiger partial charge in [0, 0.05) is 38.5 Å². The van der Waals surface area contributed by atoms with Crippen LogP contribution >= 0.6 is 0 Å². The van der Waals surface area contributed by atoms with Crippen LogP contribution in [0, 0.1) is 0 Å². The topological polar surface area (TPSA) is 14.2 Å². The molecule has 1 aliphatic rings. The molecule has 0 N–H and O–H groups in total. The van der Waals surface area contributed by atoms with Gasteiger partial charge in [-0.15, -0.1) is 0 Å². The zero-order valence-electron chi connectivity index (χ0n) is 22.8. The molecule has 0 bridgehead atoms. The number of para-hydroxylation sites is 1. The molecular formula is C38H24F3NO. The minimum atomic E-state index is -4.46. The van der Waals surface area contributed by atoms with Crippen molar-refractivity contribution in [2.75, 3.05) is 0 Å². The number of alkyl halides is 3. The van der Waals surface area contributed by atoms with E-state index in [-0.39, 0.29) is 0 Å². The highest BCUT2D eigenvalue weighted by atomic mass is 19.4.